The van der Waals surface area contributed by atoms with Crippen LogP contribution in [0.15, 0.2) is 48.0 Å². The highest BCUT2D eigenvalue weighted by molar-refractivity contribution is 5.90. The number of hydrogen-bond donors (Lipinski definition) is 3. The van der Waals surface area contributed by atoms with Crippen LogP contribution in [0.4, 0.5) is 30.6 Å². The lowest BCUT2D eigenvalue weighted by Gasteiger charge is -2.16. The topological polar surface area (TPSA) is 84.0 Å². The Labute approximate surface area is 205 Å². The molecule has 0 aliphatic rings. The Morgan fingerprint density at radius 2 is 1.83 bits per heavy atom. The number of halogens is 2. The molecule has 0 aliphatic carbocycles. The van der Waals surface area contributed by atoms with Crippen molar-refractivity contribution in [2.75, 3.05) is 30.9 Å². The molecule has 0 fully saturated rings. The van der Waals surface area contributed by atoms with E-state index in [0.29, 0.717) is 28.5 Å². The molecule has 35 heavy (non-hydrogen) atoms. The molecule has 0 saturated heterocycles. The quantitative estimate of drug-likeness (QED) is 0.306. The van der Waals surface area contributed by atoms with Crippen molar-refractivity contribution in [2.45, 2.75) is 45.9 Å². The van der Waals surface area contributed by atoms with Gasteiger partial charge in [0.15, 0.2) is 0 Å². The Balaban J connectivity index is 2.05. The van der Waals surface area contributed by atoms with Crippen molar-refractivity contribution < 1.29 is 23.0 Å². The Morgan fingerprint density at radius 1 is 1.20 bits per heavy atom. The number of ether oxygens (including phenoxy) is 2. The highest BCUT2D eigenvalue weighted by atomic mass is 19.1. The molecule has 9 heteroatoms. The molecule has 2 amide bonds. The molecule has 0 spiro atoms. The largest absolute Gasteiger partial charge is 0.491 e. The number of urea groups is 1. The first-order valence-corrected chi connectivity index (χ1v) is 11.3. The maximum absolute atomic E-state index is 15.0. The third-order valence-electron chi connectivity index (χ3n) is 4.94. The number of benzene rings is 2. The summed E-state index contributed by atoms with van der Waals surface area (Å²) in [6, 6.07) is 9.31. The van der Waals surface area contributed by atoms with E-state index in [2.05, 4.69) is 27.5 Å². The summed E-state index contributed by atoms with van der Waals surface area (Å²) >= 11 is 0. The van der Waals surface area contributed by atoms with Crippen LogP contribution in [0.2, 0.25) is 0 Å². The van der Waals surface area contributed by atoms with Crippen molar-refractivity contribution in [1.82, 2.24) is 5.32 Å². The van der Waals surface area contributed by atoms with Gasteiger partial charge in [0.1, 0.15) is 23.8 Å². The third-order valence-corrected chi connectivity index (χ3v) is 4.94. The molecule has 7 nitrogen and oxygen atoms in total. The van der Waals surface area contributed by atoms with Crippen LogP contribution in [-0.4, -0.2) is 44.3 Å². The first kappa shape index (κ1) is 27.8. The number of hydrogen-bond acceptors (Lipinski definition) is 5. The van der Waals surface area contributed by atoms with Crippen LogP contribution in [0.25, 0.3) is 5.70 Å². The Hall–Kier alpha value is -3.46. The van der Waals surface area contributed by atoms with Gasteiger partial charge < -0.3 is 25.4 Å². The van der Waals surface area contributed by atoms with Crippen LogP contribution in [0.5, 0.6) is 5.75 Å². The van der Waals surface area contributed by atoms with E-state index in [1.807, 2.05) is 6.92 Å². The van der Waals surface area contributed by atoms with E-state index in [9.17, 15) is 9.18 Å². The molecule has 0 bridgehead atoms. The molecule has 2 aromatic carbocycles. The van der Waals surface area contributed by atoms with Gasteiger partial charge in [-0.15, -0.1) is 0 Å². The lowest BCUT2D eigenvalue weighted by Crippen LogP contribution is -2.32. The third kappa shape index (κ3) is 9.36. The molecule has 0 aromatic heterocycles. The second-order valence-electron chi connectivity index (χ2n) is 8.57. The number of methoxy groups -OCH3 is 1. The van der Waals surface area contributed by atoms with Gasteiger partial charge in [0, 0.05) is 49.1 Å². The van der Waals surface area contributed by atoms with E-state index < -0.39 is 17.5 Å². The molecule has 0 saturated carbocycles. The van der Waals surface area contributed by atoms with Gasteiger partial charge in [0.2, 0.25) is 0 Å². The zero-order valence-electron chi connectivity index (χ0n) is 20.9. The number of alkyl halides is 1. The van der Waals surface area contributed by atoms with Gasteiger partial charge in [-0.05, 0) is 58.4 Å². The summed E-state index contributed by atoms with van der Waals surface area (Å²) in [5.74, 6) is -0.190. The molecule has 1 atom stereocenters. The van der Waals surface area contributed by atoms with Crippen LogP contribution in [0.1, 0.15) is 39.7 Å². The summed E-state index contributed by atoms with van der Waals surface area (Å²) < 4.78 is 39.3. The van der Waals surface area contributed by atoms with Crippen LogP contribution in [0.3, 0.4) is 0 Å². The van der Waals surface area contributed by atoms with Gasteiger partial charge in [-0.3, -0.25) is 4.99 Å². The number of carbonyl (C=O) groups excluding carboxylic acids is 1. The summed E-state index contributed by atoms with van der Waals surface area (Å²) in [6.45, 7) is 11.0. The fourth-order valence-electron chi connectivity index (χ4n) is 2.99. The predicted molar refractivity (Wildman–Crippen MR) is 138 cm³/mol. The monoisotopic (exact) mass is 488 g/mol. The lowest BCUT2D eigenvalue weighted by molar-refractivity contribution is 0.0715. The minimum absolute atomic E-state index is 0.140. The summed E-state index contributed by atoms with van der Waals surface area (Å²) in [6.07, 6.45) is 1.64. The van der Waals surface area contributed by atoms with Crippen molar-refractivity contribution in [3.8, 4) is 5.75 Å². The number of amides is 2. The van der Waals surface area contributed by atoms with Gasteiger partial charge >= 0.3 is 6.03 Å². The Kier molecular flexibility index (Phi) is 10.2. The first-order chi connectivity index (χ1) is 16.5. The summed E-state index contributed by atoms with van der Waals surface area (Å²) in [5, 5.41) is 8.36. The van der Waals surface area contributed by atoms with Crippen molar-refractivity contribution in [1.29, 1.82) is 0 Å². The van der Waals surface area contributed by atoms with E-state index in [4.69, 9.17) is 9.47 Å². The van der Waals surface area contributed by atoms with E-state index in [-0.39, 0.29) is 31.2 Å². The molecule has 1 unspecified atom stereocenters. The molecule has 0 radical (unpaired) electrons. The van der Waals surface area contributed by atoms with Crippen LogP contribution in [0, 0.1) is 5.82 Å². The average Bonchev–Trinajstić information content (AvgIpc) is 2.77. The Bertz CT molecular complexity index is 1030. The van der Waals surface area contributed by atoms with E-state index in [1.165, 1.54) is 19.9 Å². The average molecular weight is 489 g/mol. The summed E-state index contributed by atoms with van der Waals surface area (Å²) in [7, 11) is 1.58. The predicted octanol–water partition coefficient (Wildman–Crippen LogP) is 6.30. The second-order valence-corrected chi connectivity index (χ2v) is 8.57. The zero-order chi connectivity index (χ0) is 26.0. The molecule has 3 N–H and O–H groups in total. The number of rotatable bonds is 12. The van der Waals surface area contributed by atoms with Crippen LogP contribution >= 0.6 is 0 Å². The van der Waals surface area contributed by atoms with E-state index in [1.54, 1.807) is 50.6 Å². The molecule has 0 aliphatic heterocycles. The number of nitrogens with zero attached hydrogens (tertiary/aromatic N) is 1. The fourth-order valence-corrected chi connectivity index (χ4v) is 2.99. The maximum Gasteiger partial charge on any atom is 0.319 e. The number of anilines is 2. The minimum Gasteiger partial charge on any atom is -0.491 e. The number of carbonyl (C=O) groups is 1. The lowest BCUT2D eigenvalue weighted by atomic mass is 10.1. The van der Waals surface area contributed by atoms with Crippen molar-refractivity contribution in [3.05, 3.63) is 54.4 Å². The Morgan fingerprint density at radius 3 is 2.40 bits per heavy atom. The van der Waals surface area contributed by atoms with Gasteiger partial charge in [0.05, 0.1) is 17.4 Å². The highest BCUT2D eigenvalue weighted by Gasteiger charge is 2.16. The molecular formula is C26H34F2N4O3. The first-order valence-electron chi connectivity index (χ1n) is 11.3. The van der Waals surface area contributed by atoms with Crippen LogP contribution in [-0.2, 0) is 4.74 Å². The van der Waals surface area contributed by atoms with Crippen molar-refractivity contribution in [2.24, 2.45) is 4.99 Å². The maximum atomic E-state index is 15.0. The molecule has 2 aromatic rings. The molecule has 190 valence electrons. The normalized spacial score (nSPS) is 12.3. The van der Waals surface area contributed by atoms with Crippen LogP contribution < -0.4 is 20.7 Å². The summed E-state index contributed by atoms with van der Waals surface area (Å²) in [5.41, 5.74) is 0.740. The molecule has 0 heterocycles. The zero-order valence-corrected chi connectivity index (χ0v) is 20.9. The van der Waals surface area contributed by atoms with Crippen molar-refractivity contribution >= 4 is 35.0 Å². The van der Waals surface area contributed by atoms with E-state index in [0.717, 1.165) is 0 Å². The SMILES string of the molecule is C=C(Nc1ccc(NC(=O)NCCC(C)(C)F)cc1)c1c(F)cc(OCC(C)OC)cc1N=CC. The smallest absolute Gasteiger partial charge is 0.319 e. The highest BCUT2D eigenvalue weighted by Crippen LogP contribution is 2.33. The minimum atomic E-state index is -1.35. The molecular weight excluding hydrogens is 454 g/mol. The standard InChI is InChI=1S/C26H34F2N4O3/c1-7-29-23-15-21(35-16-17(2)34-6)14-22(27)24(23)18(3)31-19-8-10-20(11-9-19)32-25(33)30-13-12-26(4,5)28/h7-11,14-15,17,31H,3,12-13,16H2,1-2,4-6H3,(H2,30,32,33). The van der Waals surface area contributed by atoms with Gasteiger partial charge in [0.25, 0.3) is 0 Å². The number of aliphatic imine (C=N–C) groups is 1. The second kappa shape index (κ2) is 12.9. The van der Waals surface area contributed by atoms with Gasteiger partial charge in [-0.2, -0.15) is 0 Å². The number of nitrogens with one attached hydrogen (secondary N) is 3. The van der Waals surface area contributed by atoms with E-state index >= 15 is 4.39 Å². The summed E-state index contributed by atoms with van der Waals surface area (Å²) in [4.78, 5) is 16.2. The molecule has 2 rings (SSSR count). The van der Waals surface area contributed by atoms with Crippen molar-refractivity contribution in [3.63, 3.8) is 0 Å². The fraction of sp³-hybridized carbons (Fsp3) is 0.385. The van der Waals surface area contributed by atoms with Gasteiger partial charge in [-0.25, -0.2) is 13.6 Å². The van der Waals surface area contributed by atoms with Gasteiger partial charge in [-0.1, -0.05) is 6.58 Å².